The van der Waals surface area contributed by atoms with Crippen LogP contribution in [0.5, 0.6) is 5.75 Å². The minimum absolute atomic E-state index is 0.309. The summed E-state index contributed by atoms with van der Waals surface area (Å²) in [5, 5.41) is 3.30. The van der Waals surface area contributed by atoms with Crippen molar-refractivity contribution in [3.05, 3.63) is 78.6 Å². The van der Waals surface area contributed by atoms with Crippen molar-refractivity contribution in [2.75, 3.05) is 19.0 Å². The third-order valence-electron chi connectivity index (χ3n) is 4.42. The van der Waals surface area contributed by atoms with Crippen molar-refractivity contribution in [3.8, 4) is 17.2 Å². The standard InChI is InChI=1S/C23H18N2O5/c1-28-16-10-8-15(9-11-16)24-22(26)14-30-23(27)18-13-20(21-7-4-12-29-21)25-19-6-3-2-5-17(18)19/h2-13H,14H2,1H3,(H,24,26). The maximum Gasteiger partial charge on any atom is 0.339 e. The number of fused-ring (bicyclic) bond motifs is 1. The van der Waals surface area contributed by atoms with Gasteiger partial charge in [0.2, 0.25) is 0 Å². The number of nitrogens with one attached hydrogen (secondary N) is 1. The molecule has 2 heterocycles. The minimum atomic E-state index is -0.619. The van der Waals surface area contributed by atoms with Crippen molar-refractivity contribution < 1.29 is 23.5 Å². The Morgan fingerprint density at radius 2 is 1.83 bits per heavy atom. The van der Waals surface area contributed by atoms with Crippen LogP contribution in [-0.2, 0) is 9.53 Å². The number of furan rings is 1. The van der Waals surface area contributed by atoms with Crippen LogP contribution in [0.2, 0.25) is 0 Å². The second-order valence-corrected chi connectivity index (χ2v) is 6.40. The Morgan fingerprint density at radius 3 is 2.57 bits per heavy atom. The monoisotopic (exact) mass is 402 g/mol. The summed E-state index contributed by atoms with van der Waals surface area (Å²) >= 11 is 0. The first-order valence-corrected chi connectivity index (χ1v) is 9.19. The van der Waals surface area contributed by atoms with Crippen LogP contribution in [0.1, 0.15) is 10.4 Å². The van der Waals surface area contributed by atoms with Crippen LogP contribution in [0.15, 0.2) is 77.4 Å². The van der Waals surface area contributed by atoms with Crippen molar-refractivity contribution >= 4 is 28.5 Å². The van der Waals surface area contributed by atoms with Gasteiger partial charge in [-0.1, -0.05) is 18.2 Å². The topological polar surface area (TPSA) is 90.7 Å². The normalized spacial score (nSPS) is 10.6. The third kappa shape index (κ3) is 4.15. The average molecular weight is 402 g/mol. The fraction of sp³-hybridized carbons (Fsp3) is 0.0870. The van der Waals surface area contributed by atoms with E-state index in [4.69, 9.17) is 13.9 Å². The van der Waals surface area contributed by atoms with Crippen LogP contribution < -0.4 is 10.1 Å². The number of rotatable bonds is 6. The number of esters is 1. The van der Waals surface area contributed by atoms with Crippen LogP contribution in [0.25, 0.3) is 22.4 Å². The van der Waals surface area contributed by atoms with Crippen LogP contribution in [-0.4, -0.2) is 30.6 Å². The Labute approximate surface area is 172 Å². The Bertz CT molecular complexity index is 1180. The van der Waals surface area contributed by atoms with Gasteiger partial charge in [0.15, 0.2) is 12.4 Å². The van der Waals surface area contributed by atoms with Gasteiger partial charge in [0.05, 0.1) is 24.5 Å². The highest BCUT2D eigenvalue weighted by Crippen LogP contribution is 2.25. The van der Waals surface area contributed by atoms with E-state index in [1.54, 1.807) is 61.7 Å². The summed E-state index contributed by atoms with van der Waals surface area (Å²) in [6, 6.07) is 19.2. The number of methoxy groups -OCH3 is 1. The summed E-state index contributed by atoms with van der Waals surface area (Å²) in [6.07, 6.45) is 1.54. The Hall–Kier alpha value is -4.13. The number of pyridine rings is 1. The van der Waals surface area contributed by atoms with Crippen LogP contribution in [0.3, 0.4) is 0 Å². The van der Waals surface area contributed by atoms with E-state index in [1.165, 1.54) is 6.26 Å². The van der Waals surface area contributed by atoms with Crippen molar-refractivity contribution in [1.29, 1.82) is 0 Å². The molecular weight excluding hydrogens is 384 g/mol. The summed E-state index contributed by atoms with van der Waals surface area (Å²) < 4.78 is 15.7. The maximum absolute atomic E-state index is 12.7. The number of ether oxygens (including phenoxy) is 2. The first kappa shape index (κ1) is 19.2. The SMILES string of the molecule is COc1ccc(NC(=O)COC(=O)c2cc(-c3ccco3)nc3ccccc23)cc1. The molecule has 0 aliphatic rings. The number of carbonyl (C=O) groups excluding carboxylic acids is 2. The van der Waals surface area contributed by atoms with Gasteiger partial charge in [0, 0.05) is 11.1 Å². The lowest BCUT2D eigenvalue weighted by Gasteiger charge is -2.10. The molecule has 4 aromatic rings. The largest absolute Gasteiger partial charge is 0.497 e. The lowest BCUT2D eigenvalue weighted by Crippen LogP contribution is -2.21. The van der Waals surface area contributed by atoms with E-state index in [2.05, 4.69) is 10.3 Å². The van der Waals surface area contributed by atoms with Crippen LogP contribution in [0.4, 0.5) is 5.69 Å². The van der Waals surface area contributed by atoms with Gasteiger partial charge in [-0.2, -0.15) is 0 Å². The lowest BCUT2D eigenvalue weighted by molar-refractivity contribution is -0.119. The average Bonchev–Trinajstić information content (AvgIpc) is 3.32. The molecule has 0 fully saturated rings. The summed E-state index contributed by atoms with van der Waals surface area (Å²) in [6.45, 7) is -0.419. The molecule has 0 unspecified atom stereocenters. The van der Waals surface area contributed by atoms with E-state index in [9.17, 15) is 9.59 Å². The van der Waals surface area contributed by atoms with Crippen molar-refractivity contribution in [3.63, 3.8) is 0 Å². The minimum Gasteiger partial charge on any atom is -0.497 e. The smallest absolute Gasteiger partial charge is 0.339 e. The number of aromatic nitrogens is 1. The van der Waals surface area contributed by atoms with Crippen LogP contribution in [0, 0.1) is 0 Å². The number of amides is 1. The molecule has 2 aromatic carbocycles. The highest BCUT2D eigenvalue weighted by atomic mass is 16.5. The number of anilines is 1. The second kappa shape index (κ2) is 8.48. The van der Waals surface area contributed by atoms with Gasteiger partial charge in [-0.15, -0.1) is 0 Å². The molecule has 7 nitrogen and oxygen atoms in total. The van der Waals surface area contributed by atoms with E-state index >= 15 is 0 Å². The van der Waals surface area contributed by atoms with Gasteiger partial charge in [0.1, 0.15) is 11.4 Å². The molecule has 1 amide bonds. The van der Waals surface area contributed by atoms with E-state index < -0.39 is 18.5 Å². The third-order valence-corrected chi connectivity index (χ3v) is 4.42. The fourth-order valence-corrected chi connectivity index (χ4v) is 2.98. The number of benzene rings is 2. The fourth-order valence-electron chi connectivity index (χ4n) is 2.98. The summed E-state index contributed by atoms with van der Waals surface area (Å²) in [5.41, 5.74) is 2.02. The highest BCUT2D eigenvalue weighted by molar-refractivity contribution is 6.05. The lowest BCUT2D eigenvalue weighted by atomic mass is 10.1. The van der Waals surface area contributed by atoms with Gasteiger partial charge in [-0.25, -0.2) is 9.78 Å². The van der Waals surface area contributed by atoms with Gasteiger partial charge < -0.3 is 19.2 Å². The first-order chi connectivity index (χ1) is 14.6. The van der Waals surface area contributed by atoms with E-state index in [-0.39, 0.29) is 0 Å². The number of para-hydroxylation sites is 1. The highest BCUT2D eigenvalue weighted by Gasteiger charge is 2.17. The molecule has 0 aliphatic carbocycles. The number of carbonyl (C=O) groups is 2. The zero-order chi connectivity index (χ0) is 20.9. The second-order valence-electron chi connectivity index (χ2n) is 6.40. The molecule has 0 radical (unpaired) electrons. The number of hydrogen-bond donors (Lipinski definition) is 1. The summed E-state index contributed by atoms with van der Waals surface area (Å²) in [7, 11) is 1.56. The molecule has 0 saturated carbocycles. The quantitative estimate of drug-likeness (QED) is 0.484. The zero-order valence-corrected chi connectivity index (χ0v) is 16.1. The molecule has 30 heavy (non-hydrogen) atoms. The Balaban J connectivity index is 1.50. The maximum atomic E-state index is 12.7. The molecule has 0 spiro atoms. The molecule has 0 aliphatic heterocycles. The molecule has 2 aromatic heterocycles. The predicted molar refractivity (Wildman–Crippen MR) is 111 cm³/mol. The van der Waals surface area contributed by atoms with Gasteiger partial charge in [-0.05, 0) is 48.5 Å². The van der Waals surface area contributed by atoms with Gasteiger partial charge in [0.25, 0.3) is 5.91 Å². The zero-order valence-electron chi connectivity index (χ0n) is 16.1. The summed E-state index contributed by atoms with van der Waals surface area (Å²) in [4.78, 5) is 29.5. The Morgan fingerprint density at radius 1 is 1.03 bits per heavy atom. The predicted octanol–water partition coefficient (Wildman–Crippen LogP) is 4.30. The van der Waals surface area contributed by atoms with E-state index in [0.29, 0.717) is 39.4 Å². The van der Waals surface area contributed by atoms with Gasteiger partial charge >= 0.3 is 5.97 Å². The molecule has 1 N–H and O–H groups in total. The Kier molecular flexibility index (Phi) is 5.43. The molecule has 7 heteroatoms. The van der Waals surface area contributed by atoms with E-state index in [0.717, 1.165) is 0 Å². The van der Waals surface area contributed by atoms with Crippen molar-refractivity contribution in [2.24, 2.45) is 0 Å². The molecule has 0 saturated heterocycles. The van der Waals surface area contributed by atoms with Gasteiger partial charge in [-0.3, -0.25) is 4.79 Å². The van der Waals surface area contributed by atoms with Crippen molar-refractivity contribution in [2.45, 2.75) is 0 Å². The van der Waals surface area contributed by atoms with Crippen molar-refractivity contribution in [1.82, 2.24) is 4.98 Å². The molecule has 0 atom stereocenters. The first-order valence-electron chi connectivity index (χ1n) is 9.19. The number of nitrogens with zero attached hydrogens (tertiary/aromatic N) is 1. The molecule has 4 rings (SSSR count). The number of hydrogen-bond acceptors (Lipinski definition) is 6. The molecular formula is C23H18N2O5. The molecule has 0 bridgehead atoms. The van der Waals surface area contributed by atoms with Crippen LogP contribution >= 0.6 is 0 Å². The molecule has 150 valence electrons. The van der Waals surface area contributed by atoms with E-state index in [1.807, 2.05) is 12.1 Å². The summed E-state index contributed by atoms with van der Waals surface area (Å²) in [5.74, 6) is 0.146.